The first-order valence-corrected chi connectivity index (χ1v) is 8.21. The summed E-state index contributed by atoms with van der Waals surface area (Å²) in [5.41, 5.74) is 0.918. The first-order chi connectivity index (χ1) is 10.6. The lowest BCUT2D eigenvalue weighted by Crippen LogP contribution is -2.24. The third kappa shape index (κ3) is 3.36. The van der Waals surface area contributed by atoms with Crippen LogP contribution in [0.25, 0.3) is 10.2 Å². The number of carbonyl (C=O) groups is 1. The molecule has 7 heteroatoms. The Hall–Kier alpha value is -1.73. The van der Waals surface area contributed by atoms with Crippen molar-refractivity contribution in [3.05, 3.63) is 16.8 Å². The average molecular weight is 322 g/mol. The molecule has 0 aliphatic rings. The number of anilines is 1. The minimum atomic E-state index is -0.0575. The maximum Gasteiger partial charge on any atom is 0.261 e. The van der Waals surface area contributed by atoms with Gasteiger partial charge in [0.2, 0.25) is 0 Å². The van der Waals surface area contributed by atoms with E-state index in [1.807, 2.05) is 13.8 Å². The molecule has 0 unspecified atom stereocenters. The van der Waals surface area contributed by atoms with Crippen LogP contribution in [0, 0.1) is 6.92 Å². The molecule has 1 atom stereocenters. The average Bonchev–Trinajstić information content (AvgIpc) is 2.85. The van der Waals surface area contributed by atoms with Crippen molar-refractivity contribution in [1.29, 1.82) is 0 Å². The molecule has 0 spiro atoms. The van der Waals surface area contributed by atoms with Crippen molar-refractivity contribution in [1.82, 2.24) is 15.3 Å². The SMILES string of the molecule is CCNC(=O)c1sc2ncnc(N[C@H](CC)COC)c2c1C. The molecule has 0 bridgehead atoms. The number of carbonyl (C=O) groups excluding carboxylic acids is 1. The number of nitrogens with one attached hydrogen (secondary N) is 2. The Balaban J connectivity index is 2.41. The number of hydrogen-bond acceptors (Lipinski definition) is 6. The van der Waals surface area contributed by atoms with Crippen LogP contribution in [-0.4, -0.2) is 42.2 Å². The van der Waals surface area contributed by atoms with Gasteiger partial charge in [-0.2, -0.15) is 0 Å². The maximum absolute atomic E-state index is 12.1. The molecule has 2 aromatic heterocycles. The van der Waals surface area contributed by atoms with E-state index >= 15 is 0 Å². The lowest BCUT2D eigenvalue weighted by Gasteiger charge is -2.17. The molecule has 0 fully saturated rings. The fourth-order valence-corrected chi connectivity index (χ4v) is 3.36. The second-order valence-corrected chi connectivity index (χ2v) is 6.02. The summed E-state index contributed by atoms with van der Waals surface area (Å²) in [5.74, 6) is 0.705. The highest BCUT2D eigenvalue weighted by atomic mass is 32.1. The number of hydrogen-bond donors (Lipinski definition) is 2. The summed E-state index contributed by atoms with van der Waals surface area (Å²) in [5, 5.41) is 7.15. The summed E-state index contributed by atoms with van der Waals surface area (Å²) in [4.78, 5) is 22.3. The topological polar surface area (TPSA) is 76.1 Å². The molecule has 0 saturated heterocycles. The predicted molar refractivity (Wildman–Crippen MR) is 89.7 cm³/mol. The molecule has 0 aliphatic carbocycles. The minimum absolute atomic E-state index is 0.0575. The van der Waals surface area contributed by atoms with Crippen LogP contribution in [0.5, 0.6) is 0 Å². The smallest absolute Gasteiger partial charge is 0.261 e. The van der Waals surface area contributed by atoms with Crippen LogP contribution in [-0.2, 0) is 4.74 Å². The van der Waals surface area contributed by atoms with Gasteiger partial charge in [-0.05, 0) is 25.8 Å². The van der Waals surface area contributed by atoms with E-state index in [4.69, 9.17) is 4.74 Å². The molecule has 2 heterocycles. The zero-order valence-electron chi connectivity index (χ0n) is 13.4. The van der Waals surface area contributed by atoms with Gasteiger partial charge in [0, 0.05) is 13.7 Å². The fraction of sp³-hybridized carbons (Fsp3) is 0.533. The number of methoxy groups -OCH3 is 1. The molecular formula is C15H22N4O2S. The molecule has 2 aromatic rings. The maximum atomic E-state index is 12.1. The molecule has 0 aromatic carbocycles. The standard InChI is InChI=1S/C15H22N4O2S/c1-5-10(7-21-4)19-13-11-9(3)12(14(20)16-6-2)22-15(11)18-8-17-13/h8,10H,5-7H2,1-4H3,(H,16,20)(H,17,18,19)/t10-/m1/s1. The highest BCUT2D eigenvalue weighted by molar-refractivity contribution is 7.20. The lowest BCUT2D eigenvalue weighted by molar-refractivity contribution is 0.0959. The number of nitrogens with zero attached hydrogens (tertiary/aromatic N) is 2. The van der Waals surface area contributed by atoms with Gasteiger partial charge in [0.15, 0.2) is 0 Å². The Kier molecular flexibility index (Phi) is 5.68. The lowest BCUT2D eigenvalue weighted by atomic mass is 10.1. The van der Waals surface area contributed by atoms with Crippen LogP contribution in [0.2, 0.25) is 0 Å². The highest BCUT2D eigenvalue weighted by Gasteiger charge is 2.19. The fourth-order valence-electron chi connectivity index (χ4n) is 2.29. The summed E-state index contributed by atoms with van der Waals surface area (Å²) < 4.78 is 5.22. The molecule has 1 amide bonds. The molecule has 6 nitrogen and oxygen atoms in total. The largest absolute Gasteiger partial charge is 0.383 e. The Morgan fingerprint density at radius 3 is 2.82 bits per heavy atom. The van der Waals surface area contributed by atoms with Crippen molar-refractivity contribution in [3.63, 3.8) is 0 Å². The van der Waals surface area contributed by atoms with Gasteiger partial charge in [0.25, 0.3) is 5.91 Å². The van der Waals surface area contributed by atoms with Crippen LogP contribution < -0.4 is 10.6 Å². The van der Waals surface area contributed by atoms with E-state index in [9.17, 15) is 4.79 Å². The predicted octanol–water partition coefficient (Wildman–Crippen LogP) is 2.59. The number of rotatable bonds is 7. The zero-order valence-corrected chi connectivity index (χ0v) is 14.2. The van der Waals surface area contributed by atoms with Crippen molar-refractivity contribution in [2.24, 2.45) is 0 Å². The van der Waals surface area contributed by atoms with Crippen LogP contribution >= 0.6 is 11.3 Å². The Morgan fingerprint density at radius 2 is 2.18 bits per heavy atom. The molecule has 2 rings (SSSR count). The van der Waals surface area contributed by atoms with E-state index in [0.717, 1.165) is 28.0 Å². The number of amides is 1. The van der Waals surface area contributed by atoms with Crippen LogP contribution in [0.1, 0.15) is 35.5 Å². The van der Waals surface area contributed by atoms with Crippen molar-refractivity contribution in [2.45, 2.75) is 33.2 Å². The quantitative estimate of drug-likeness (QED) is 0.819. The van der Waals surface area contributed by atoms with E-state index in [-0.39, 0.29) is 11.9 Å². The van der Waals surface area contributed by atoms with Gasteiger partial charge in [-0.15, -0.1) is 11.3 Å². The first kappa shape index (κ1) is 16.6. The highest BCUT2D eigenvalue weighted by Crippen LogP contribution is 2.33. The third-order valence-corrected chi connectivity index (χ3v) is 4.67. The van der Waals surface area contributed by atoms with Gasteiger partial charge in [-0.25, -0.2) is 9.97 Å². The minimum Gasteiger partial charge on any atom is -0.383 e. The first-order valence-electron chi connectivity index (χ1n) is 7.40. The van der Waals surface area contributed by atoms with Crippen molar-refractivity contribution < 1.29 is 9.53 Å². The normalized spacial score (nSPS) is 12.4. The summed E-state index contributed by atoms with van der Waals surface area (Å²) >= 11 is 1.40. The van der Waals surface area contributed by atoms with Crippen LogP contribution in [0.15, 0.2) is 6.33 Å². The Bertz CT molecular complexity index is 656. The second-order valence-electron chi connectivity index (χ2n) is 5.02. The van der Waals surface area contributed by atoms with E-state index in [1.54, 1.807) is 7.11 Å². The van der Waals surface area contributed by atoms with Gasteiger partial charge in [0.05, 0.1) is 22.9 Å². The molecule has 120 valence electrons. The van der Waals surface area contributed by atoms with E-state index in [1.165, 1.54) is 17.7 Å². The van der Waals surface area contributed by atoms with Gasteiger partial charge < -0.3 is 15.4 Å². The monoisotopic (exact) mass is 322 g/mol. The summed E-state index contributed by atoms with van der Waals surface area (Å²) in [6.07, 6.45) is 2.45. The summed E-state index contributed by atoms with van der Waals surface area (Å²) in [6, 6.07) is 0.176. The molecule has 2 N–H and O–H groups in total. The summed E-state index contributed by atoms with van der Waals surface area (Å²) in [7, 11) is 1.68. The molecule has 0 aliphatic heterocycles. The number of ether oxygens (including phenoxy) is 1. The van der Waals surface area contributed by atoms with E-state index in [0.29, 0.717) is 18.0 Å². The Morgan fingerprint density at radius 1 is 1.41 bits per heavy atom. The molecule has 22 heavy (non-hydrogen) atoms. The van der Waals surface area contributed by atoms with Gasteiger partial charge >= 0.3 is 0 Å². The molecule has 0 radical (unpaired) electrons. The van der Waals surface area contributed by atoms with Crippen molar-refractivity contribution >= 4 is 33.3 Å². The van der Waals surface area contributed by atoms with Crippen LogP contribution in [0.4, 0.5) is 5.82 Å². The number of fused-ring (bicyclic) bond motifs is 1. The summed E-state index contributed by atoms with van der Waals surface area (Å²) in [6.45, 7) is 7.15. The van der Waals surface area contributed by atoms with Gasteiger partial charge in [-0.1, -0.05) is 6.92 Å². The van der Waals surface area contributed by atoms with E-state index in [2.05, 4.69) is 27.5 Å². The number of aromatic nitrogens is 2. The van der Waals surface area contributed by atoms with Crippen LogP contribution in [0.3, 0.4) is 0 Å². The number of aryl methyl sites for hydroxylation is 1. The molecule has 0 saturated carbocycles. The second kappa shape index (κ2) is 7.51. The molecular weight excluding hydrogens is 300 g/mol. The van der Waals surface area contributed by atoms with Gasteiger partial charge in [0.1, 0.15) is 17.0 Å². The Labute approximate surface area is 134 Å². The van der Waals surface area contributed by atoms with Gasteiger partial charge in [-0.3, -0.25) is 4.79 Å². The third-order valence-electron chi connectivity index (χ3n) is 3.47. The zero-order chi connectivity index (χ0) is 16.1. The van der Waals surface area contributed by atoms with E-state index < -0.39 is 0 Å². The number of thiophene rings is 1. The van der Waals surface area contributed by atoms with Crippen molar-refractivity contribution in [3.8, 4) is 0 Å². The van der Waals surface area contributed by atoms with Crippen molar-refractivity contribution in [2.75, 3.05) is 25.6 Å².